The van der Waals surface area contributed by atoms with Gasteiger partial charge >= 0.3 is 5.97 Å². The van der Waals surface area contributed by atoms with Gasteiger partial charge in [0.05, 0.1) is 21.7 Å². The highest BCUT2D eigenvalue weighted by Gasteiger charge is 2.21. The van der Waals surface area contributed by atoms with Crippen molar-refractivity contribution in [3.8, 4) is 17.0 Å². The predicted molar refractivity (Wildman–Crippen MR) is 124 cm³/mol. The van der Waals surface area contributed by atoms with E-state index in [0.29, 0.717) is 28.0 Å². The summed E-state index contributed by atoms with van der Waals surface area (Å²) in [6, 6.07) is 12.6. The first-order chi connectivity index (χ1) is 15.9. The molecule has 0 bridgehead atoms. The lowest BCUT2D eigenvalue weighted by Gasteiger charge is -2.15. The number of hydrogen-bond acceptors (Lipinski definition) is 7. The Balaban J connectivity index is 1.42. The average molecular weight is 464 g/mol. The number of nitrogens with one attached hydrogen (secondary N) is 1. The molecule has 1 amide bonds. The third-order valence-electron chi connectivity index (χ3n) is 4.93. The zero-order chi connectivity index (χ0) is 23.4. The predicted octanol–water partition coefficient (Wildman–Crippen LogP) is 3.42. The Bertz CT molecular complexity index is 1360. The zero-order valence-corrected chi connectivity index (χ0v) is 18.4. The van der Waals surface area contributed by atoms with Crippen molar-refractivity contribution < 1.29 is 23.8 Å². The van der Waals surface area contributed by atoms with Crippen LogP contribution >= 0.6 is 11.3 Å². The van der Waals surface area contributed by atoms with Crippen molar-refractivity contribution in [2.45, 2.75) is 19.4 Å². The van der Waals surface area contributed by atoms with Crippen LogP contribution in [0.25, 0.3) is 22.2 Å². The van der Waals surface area contributed by atoms with Crippen LogP contribution in [0.4, 0.5) is 0 Å². The van der Waals surface area contributed by atoms with Crippen LogP contribution in [0.2, 0.25) is 0 Å². The monoisotopic (exact) mass is 464 g/mol. The van der Waals surface area contributed by atoms with Gasteiger partial charge in [-0.25, -0.2) is 9.78 Å². The summed E-state index contributed by atoms with van der Waals surface area (Å²) in [7, 11) is 0. The second-order valence-electron chi connectivity index (χ2n) is 7.32. The van der Waals surface area contributed by atoms with Crippen molar-refractivity contribution in [3.63, 3.8) is 0 Å². The number of carboxylic acids is 1. The molecule has 0 saturated heterocycles. The summed E-state index contributed by atoms with van der Waals surface area (Å²) in [5.41, 5.74) is 1.83. The first kappa shape index (κ1) is 22.2. The van der Waals surface area contributed by atoms with E-state index in [-0.39, 0.29) is 18.5 Å². The molecule has 0 saturated carbocycles. The lowest BCUT2D eigenvalue weighted by Crippen LogP contribution is -2.44. The Morgan fingerprint density at radius 3 is 2.70 bits per heavy atom. The highest BCUT2D eigenvalue weighted by Crippen LogP contribution is 2.24. The first-order valence-corrected chi connectivity index (χ1v) is 11.0. The van der Waals surface area contributed by atoms with Crippen molar-refractivity contribution in [1.82, 2.24) is 10.3 Å². The Morgan fingerprint density at radius 1 is 1.21 bits per heavy atom. The number of carboxylic acid groups (broad SMARTS) is 1. The number of nitrogens with zero attached hydrogens (tertiary/aromatic N) is 1. The molecular weight excluding hydrogens is 444 g/mol. The Labute approximate surface area is 192 Å². The molecule has 168 valence electrons. The average Bonchev–Trinajstić information content (AvgIpc) is 3.24. The van der Waals surface area contributed by atoms with Crippen molar-refractivity contribution >= 4 is 34.2 Å². The summed E-state index contributed by atoms with van der Waals surface area (Å²) in [5, 5.41) is 14.9. The zero-order valence-electron chi connectivity index (χ0n) is 17.6. The minimum absolute atomic E-state index is 0.157. The van der Waals surface area contributed by atoms with Gasteiger partial charge < -0.3 is 19.6 Å². The van der Waals surface area contributed by atoms with Crippen LogP contribution in [0.15, 0.2) is 69.4 Å². The molecule has 0 aliphatic heterocycles. The Hall–Kier alpha value is -3.98. The van der Waals surface area contributed by atoms with Gasteiger partial charge in [-0.05, 0) is 24.6 Å². The van der Waals surface area contributed by atoms with Crippen molar-refractivity contribution in [3.05, 3.63) is 81.0 Å². The second kappa shape index (κ2) is 9.66. The molecule has 0 radical (unpaired) electrons. The highest BCUT2D eigenvalue weighted by molar-refractivity contribution is 7.09. The lowest BCUT2D eigenvalue weighted by atomic mass is 10.1. The number of aryl methyl sites for hydroxylation is 1. The summed E-state index contributed by atoms with van der Waals surface area (Å²) in [6.45, 7) is 1.47. The van der Waals surface area contributed by atoms with Gasteiger partial charge in [0.2, 0.25) is 5.43 Å². The number of fused-ring (bicyclic) bond motifs is 1. The van der Waals surface area contributed by atoms with E-state index in [1.165, 1.54) is 23.7 Å². The molecule has 2 heterocycles. The molecule has 9 heteroatoms. The molecule has 4 aromatic rings. The number of benzene rings is 2. The van der Waals surface area contributed by atoms with Crippen molar-refractivity contribution in [1.29, 1.82) is 0 Å². The number of amides is 1. The minimum Gasteiger partial charge on any atom is -0.484 e. The van der Waals surface area contributed by atoms with E-state index in [1.807, 2.05) is 13.0 Å². The fourth-order valence-electron chi connectivity index (χ4n) is 3.30. The van der Waals surface area contributed by atoms with Gasteiger partial charge in [-0.3, -0.25) is 9.59 Å². The van der Waals surface area contributed by atoms with Gasteiger partial charge in [0.15, 0.2) is 6.61 Å². The molecule has 0 aliphatic carbocycles. The fourth-order valence-corrected chi connectivity index (χ4v) is 3.91. The molecule has 0 spiro atoms. The lowest BCUT2D eigenvalue weighted by molar-refractivity contribution is -0.142. The quantitative estimate of drug-likeness (QED) is 0.410. The van der Waals surface area contributed by atoms with E-state index in [2.05, 4.69) is 10.3 Å². The number of rotatable bonds is 8. The molecule has 8 nitrogen and oxygen atoms in total. The number of aliphatic carboxylic acids is 1. The summed E-state index contributed by atoms with van der Waals surface area (Å²) >= 11 is 1.44. The molecular formula is C24H20N2O6S. The summed E-state index contributed by atoms with van der Waals surface area (Å²) in [6.07, 6.45) is 1.51. The van der Waals surface area contributed by atoms with E-state index in [0.717, 1.165) is 10.6 Å². The summed E-state index contributed by atoms with van der Waals surface area (Å²) < 4.78 is 11.1. The molecule has 2 N–H and O–H groups in total. The number of aromatic nitrogens is 1. The highest BCUT2D eigenvalue weighted by atomic mass is 32.1. The van der Waals surface area contributed by atoms with Gasteiger partial charge in [-0.15, -0.1) is 11.3 Å². The molecule has 33 heavy (non-hydrogen) atoms. The molecule has 2 aromatic carbocycles. The third-order valence-corrected chi connectivity index (χ3v) is 5.70. The molecule has 0 unspecified atom stereocenters. The van der Waals surface area contributed by atoms with E-state index in [1.54, 1.807) is 41.8 Å². The smallest absolute Gasteiger partial charge is 0.326 e. The first-order valence-electron chi connectivity index (χ1n) is 10.1. The van der Waals surface area contributed by atoms with Gasteiger partial charge in [-0.2, -0.15) is 0 Å². The van der Waals surface area contributed by atoms with E-state index >= 15 is 0 Å². The van der Waals surface area contributed by atoms with Gasteiger partial charge in [-0.1, -0.05) is 30.3 Å². The largest absolute Gasteiger partial charge is 0.484 e. The van der Waals surface area contributed by atoms with Gasteiger partial charge in [0.1, 0.15) is 23.6 Å². The SMILES string of the molecule is Cc1nc(-c2coc3cc(OCC(=O)N[C@H](Cc4ccccc4)C(=O)O)ccc3c2=O)cs1. The summed E-state index contributed by atoms with van der Waals surface area (Å²) in [4.78, 5) is 40.9. The normalized spacial score (nSPS) is 11.8. The van der Waals surface area contributed by atoms with Crippen molar-refractivity contribution in [2.24, 2.45) is 0 Å². The molecule has 2 aromatic heterocycles. The Kier molecular flexibility index (Phi) is 6.50. The fraction of sp³-hybridized carbons (Fsp3) is 0.167. The number of hydrogen-bond donors (Lipinski definition) is 2. The number of carbonyl (C=O) groups is 2. The van der Waals surface area contributed by atoms with Crippen LogP contribution < -0.4 is 15.5 Å². The minimum atomic E-state index is -1.13. The number of ether oxygens (including phenoxy) is 1. The van der Waals surface area contributed by atoms with Crippen LogP contribution in [0.3, 0.4) is 0 Å². The van der Waals surface area contributed by atoms with Crippen LogP contribution in [-0.2, 0) is 16.0 Å². The van der Waals surface area contributed by atoms with Crippen LogP contribution in [0.1, 0.15) is 10.6 Å². The number of carbonyl (C=O) groups excluding carboxylic acids is 1. The molecule has 0 aliphatic rings. The van der Waals surface area contributed by atoms with Crippen LogP contribution in [0, 0.1) is 6.92 Å². The van der Waals surface area contributed by atoms with Gasteiger partial charge in [0, 0.05) is 17.9 Å². The van der Waals surface area contributed by atoms with E-state index in [9.17, 15) is 19.5 Å². The maximum atomic E-state index is 12.8. The summed E-state index contributed by atoms with van der Waals surface area (Å²) in [5.74, 6) is -1.40. The van der Waals surface area contributed by atoms with Crippen LogP contribution in [-0.4, -0.2) is 34.6 Å². The van der Waals surface area contributed by atoms with Crippen LogP contribution in [0.5, 0.6) is 5.75 Å². The number of thiazole rings is 1. The Morgan fingerprint density at radius 2 is 2.00 bits per heavy atom. The molecule has 0 fully saturated rings. The maximum absolute atomic E-state index is 12.8. The topological polar surface area (TPSA) is 119 Å². The standard InChI is InChI=1S/C24H20N2O6S/c1-14-25-20(13-33-14)18-11-32-21-10-16(7-8-17(21)23(18)28)31-12-22(27)26-19(24(29)30)9-15-5-3-2-4-6-15/h2-8,10-11,13,19H,9,12H2,1H3,(H,26,27)(H,29,30)/t19-/m1/s1. The van der Waals surface area contributed by atoms with Gasteiger partial charge in [0.25, 0.3) is 5.91 Å². The third kappa shape index (κ3) is 5.27. The molecule has 1 atom stereocenters. The second-order valence-corrected chi connectivity index (χ2v) is 8.39. The van der Waals surface area contributed by atoms with E-state index in [4.69, 9.17) is 9.15 Å². The molecule has 4 rings (SSSR count). The van der Waals surface area contributed by atoms with Crippen molar-refractivity contribution in [2.75, 3.05) is 6.61 Å². The van der Waals surface area contributed by atoms with E-state index < -0.39 is 17.9 Å². The maximum Gasteiger partial charge on any atom is 0.326 e.